The van der Waals surface area contributed by atoms with Crippen LogP contribution in [0.2, 0.25) is 0 Å². The summed E-state index contributed by atoms with van der Waals surface area (Å²) in [6, 6.07) is 4.63. The van der Waals surface area contributed by atoms with E-state index < -0.39 is 4.92 Å². The Kier molecular flexibility index (Phi) is 4.11. The molecule has 1 aliphatic rings. The molecule has 0 aromatic heterocycles. The van der Waals surface area contributed by atoms with Gasteiger partial charge in [0.2, 0.25) is 0 Å². The number of benzene rings is 1. The molecule has 0 bridgehead atoms. The zero-order valence-electron chi connectivity index (χ0n) is 10.7. The number of nitrogens with one attached hydrogen (secondary N) is 1. The van der Waals surface area contributed by atoms with E-state index in [-0.39, 0.29) is 17.8 Å². The van der Waals surface area contributed by atoms with Gasteiger partial charge < -0.3 is 10.1 Å². The van der Waals surface area contributed by atoms with Crippen molar-refractivity contribution in [3.8, 4) is 0 Å². The average molecular weight is 264 g/mol. The summed E-state index contributed by atoms with van der Waals surface area (Å²) in [5.41, 5.74) is 0.693. The number of nitro benzene ring substituents is 1. The van der Waals surface area contributed by atoms with Crippen LogP contribution in [-0.4, -0.2) is 30.0 Å². The molecule has 0 heterocycles. The van der Waals surface area contributed by atoms with Crippen LogP contribution in [0.15, 0.2) is 18.2 Å². The highest BCUT2D eigenvalue weighted by Crippen LogP contribution is 2.31. The predicted molar refractivity (Wildman–Crippen MR) is 70.5 cm³/mol. The fraction of sp³-hybridized carbons (Fsp3) is 0.462. The van der Waals surface area contributed by atoms with Gasteiger partial charge in [0.1, 0.15) is 12.0 Å². The molecule has 0 atom stereocenters. The van der Waals surface area contributed by atoms with Crippen LogP contribution in [0.1, 0.15) is 30.1 Å². The molecule has 0 spiro atoms. The van der Waals surface area contributed by atoms with Crippen molar-refractivity contribution in [2.24, 2.45) is 0 Å². The average Bonchev–Trinajstić information content (AvgIpc) is 2.36. The standard InChI is InChI=1S/C13H16N2O4/c1-2-19-11-6-10(7-11)14-12-4-3-9(8-16)5-13(12)15(17)18/h3-5,8,10-11,14H,2,6-7H2,1H3. The van der Waals surface area contributed by atoms with Crippen LogP contribution in [0.5, 0.6) is 0 Å². The van der Waals surface area contributed by atoms with Crippen molar-refractivity contribution < 1.29 is 14.5 Å². The number of nitro groups is 1. The Hall–Kier alpha value is -1.95. The van der Waals surface area contributed by atoms with Crippen LogP contribution >= 0.6 is 0 Å². The van der Waals surface area contributed by atoms with E-state index in [1.165, 1.54) is 6.07 Å². The zero-order valence-corrected chi connectivity index (χ0v) is 10.7. The van der Waals surface area contributed by atoms with Crippen LogP contribution in [0.4, 0.5) is 11.4 Å². The summed E-state index contributed by atoms with van der Waals surface area (Å²) >= 11 is 0. The van der Waals surface area contributed by atoms with Crippen molar-refractivity contribution >= 4 is 17.7 Å². The van der Waals surface area contributed by atoms with Gasteiger partial charge in [-0.3, -0.25) is 14.9 Å². The molecule has 0 aliphatic heterocycles. The van der Waals surface area contributed by atoms with E-state index >= 15 is 0 Å². The number of carbonyl (C=O) groups is 1. The molecule has 2 rings (SSSR count). The largest absolute Gasteiger partial charge is 0.378 e. The second-order valence-electron chi connectivity index (χ2n) is 4.54. The molecule has 1 N–H and O–H groups in total. The Morgan fingerprint density at radius 2 is 2.26 bits per heavy atom. The Bertz CT molecular complexity index is 484. The Labute approximate surface area is 110 Å². The molecule has 1 fully saturated rings. The summed E-state index contributed by atoms with van der Waals surface area (Å²) < 4.78 is 5.44. The third kappa shape index (κ3) is 3.08. The van der Waals surface area contributed by atoms with Gasteiger partial charge in [-0.05, 0) is 31.9 Å². The number of ether oxygens (including phenoxy) is 1. The molecule has 6 heteroatoms. The summed E-state index contributed by atoms with van der Waals surface area (Å²) in [5, 5.41) is 14.1. The summed E-state index contributed by atoms with van der Waals surface area (Å²) in [5.74, 6) is 0. The number of rotatable bonds is 6. The lowest BCUT2D eigenvalue weighted by Crippen LogP contribution is -2.40. The molecule has 0 radical (unpaired) electrons. The number of hydrogen-bond acceptors (Lipinski definition) is 5. The van der Waals surface area contributed by atoms with Crippen molar-refractivity contribution in [2.75, 3.05) is 11.9 Å². The third-order valence-electron chi connectivity index (χ3n) is 3.21. The maximum Gasteiger partial charge on any atom is 0.293 e. The van der Waals surface area contributed by atoms with Gasteiger partial charge in [0.25, 0.3) is 5.69 Å². The van der Waals surface area contributed by atoms with Gasteiger partial charge in [-0.25, -0.2) is 0 Å². The fourth-order valence-corrected chi connectivity index (χ4v) is 2.17. The van der Waals surface area contributed by atoms with Crippen LogP contribution in [0, 0.1) is 10.1 Å². The van der Waals surface area contributed by atoms with E-state index in [4.69, 9.17) is 4.74 Å². The predicted octanol–water partition coefficient (Wildman–Crippen LogP) is 2.39. The van der Waals surface area contributed by atoms with Gasteiger partial charge in [-0.1, -0.05) is 0 Å². The van der Waals surface area contributed by atoms with Gasteiger partial charge in [-0.2, -0.15) is 0 Å². The molecule has 1 aromatic rings. The van der Waals surface area contributed by atoms with Crippen molar-refractivity contribution in [2.45, 2.75) is 31.9 Å². The van der Waals surface area contributed by atoms with Crippen LogP contribution in [0.3, 0.4) is 0 Å². The number of nitrogens with zero attached hydrogens (tertiary/aromatic N) is 1. The monoisotopic (exact) mass is 264 g/mol. The highest BCUT2D eigenvalue weighted by Gasteiger charge is 2.30. The summed E-state index contributed by atoms with van der Waals surface area (Å²) in [6.07, 6.45) is 2.54. The fourth-order valence-electron chi connectivity index (χ4n) is 2.17. The number of carbonyl (C=O) groups excluding carboxylic acids is 1. The molecule has 0 unspecified atom stereocenters. The lowest BCUT2D eigenvalue weighted by molar-refractivity contribution is -0.384. The zero-order chi connectivity index (χ0) is 13.8. The minimum Gasteiger partial charge on any atom is -0.378 e. The Balaban J connectivity index is 2.04. The van der Waals surface area contributed by atoms with Crippen LogP contribution < -0.4 is 5.32 Å². The van der Waals surface area contributed by atoms with E-state index in [1.807, 2.05) is 6.92 Å². The highest BCUT2D eigenvalue weighted by molar-refractivity contribution is 5.79. The second kappa shape index (κ2) is 5.79. The molecule has 0 saturated heterocycles. The molecular formula is C13H16N2O4. The van der Waals surface area contributed by atoms with E-state index in [0.29, 0.717) is 24.1 Å². The first-order valence-electron chi connectivity index (χ1n) is 6.25. The highest BCUT2D eigenvalue weighted by atomic mass is 16.6. The minimum atomic E-state index is -0.478. The molecule has 1 aromatic carbocycles. The number of hydrogen-bond donors (Lipinski definition) is 1. The lowest BCUT2D eigenvalue weighted by Gasteiger charge is -2.35. The van der Waals surface area contributed by atoms with E-state index in [1.54, 1.807) is 12.1 Å². The number of anilines is 1. The Morgan fingerprint density at radius 1 is 1.53 bits per heavy atom. The van der Waals surface area contributed by atoms with E-state index in [2.05, 4.69) is 5.32 Å². The molecule has 6 nitrogen and oxygen atoms in total. The maximum absolute atomic E-state index is 11.0. The topological polar surface area (TPSA) is 81.5 Å². The minimum absolute atomic E-state index is 0.0653. The quantitative estimate of drug-likeness (QED) is 0.484. The van der Waals surface area contributed by atoms with E-state index in [0.717, 1.165) is 12.8 Å². The molecular weight excluding hydrogens is 248 g/mol. The lowest BCUT2D eigenvalue weighted by atomic mass is 9.89. The van der Waals surface area contributed by atoms with Gasteiger partial charge in [-0.15, -0.1) is 0 Å². The Morgan fingerprint density at radius 3 is 2.84 bits per heavy atom. The molecule has 1 saturated carbocycles. The number of aldehydes is 1. The molecule has 0 amide bonds. The van der Waals surface area contributed by atoms with Crippen molar-refractivity contribution in [3.63, 3.8) is 0 Å². The van der Waals surface area contributed by atoms with Crippen LogP contribution in [0.25, 0.3) is 0 Å². The maximum atomic E-state index is 11.0. The molecule has 1 aliphatic carbocycles. The van der Waals surface area contributed by atoms with Gasteiger partial charge in [0, 0.05) is 24.3 Å². The molecule has 102 valence electrons. The van der Waals surface area contributed by atoms with Gasteiger partial charge in [0.05, 0.1) is 11.0 Å². The second-order valence-corrected chi connectivity index (χ2v) is 4.54. The molecule has 19 heavy (non-hydrogen) atoms. The first-order chi connectivity index (χ1) is 9.13. The summed E-state index contributed by atoms with van der Waals surface area (Å²) in [4.78, 5) is 21.1. The summed E-state index contributed by atoms with van der Waals surface area (Å²) in [7, 11) is 0. The SMILES string of the molecule is CCOC1CC(Nc2ccc(C=O)cc2[N+](=O)[O-])C1. The smallest absolute Gasteiger partial charge is 0.293 e. The summed E-state index contributed by atoms with van der Waals surface area (Å²) in [6.45, 7) is 2.63. The van der Waals surface area contributed by atoms with Crippen molar-refractivity contribution in [1.29, 1.82) is 0 Å². The van der Waals surface area contributed by atoms with Crippen molar-refractivity contribution in [1.82, 2.24) is 0 Å². The van der Waals surface area contributed by atoms with Gasteiger partial charge >= 0.3 is 0 Å². The van der Waals surface area contributed by atoms with Crippen LogP contribution in [-0.2, 0) is 4.74 Å². The normalized spacial score (nSPS) is 21.5. The first-order valence-corrected chi connectivity index (χ1v) is 6.25. The van der Waals surface area contributed by atoms with E-state index in [9.17, 15) is 14.9 Å². The third-order valence-corrected chi connectivity index (χ3v) is 3.21. The first kappa shape index (κ1) is 13.5. The van der Waals surface area contributed by atoms with Crippen molar-refractivity contribution in [3.05, 3.63) is 33.9 Å². The van der Waals surface area contributed by atoms with Gasteiger partial charge in [0.15, 0.2) is 0 Å².